The zero-order valence-corrected chi connectivity index (χ0v) is 15.9. The zero-order chi connectivity index (χ0) is 20.9. The van der Waals surface area contributed by atoms with Crippen molar-refractivity contribution in [3.8, 4) is 0 Å². The number of nitrogens with one attached hydrogen (secondary N) is 1. The molecule has 2 heterocycles. The summed E-state index contributed by atoms with van der Waals surface area (Å²) in [4.78, 5) is 14.6. The fourth-order valence-electron chi connectivity index (χ4n) is 4.25. The average molecular weight is 434 g/mol. The molecule has 1 aromatic carbocycles. The first-order valence-electron chi connectivity index (χ1n) is 9.22. The highest BCUT2D eigenvalue weighted by Gasteiger charge is 2.40. The maximum atomic E-state index is 14.3. The van der Waals surface area contributed by atoms with Crippen LogP contribution in [0.3, 0.4) is 0 Å². The minimum atomic E-state index is -5.06. The van der Waals surface area contributed by atoms with Crippen LogP contribution in [0.1, 0.15) is 35.2 Å². The lowest BCUT2D eigenvalue weighted by Gasteiger charge is -2.31. The van der Waals surface area contributed by atoms with Crippen LogP contribution in [0.2, 0.25) is 5.02 Å². The number of H-pyrrole nitrogens is 1. The van der Waals surface area contributed by atoms with Crippen molar-refractivity contribution >= 4 is 17.5 Å². The highest BCUT2D eigenvalue weighted by Crippen LogP contribution is 2.38. The SMILES string of the molecule is O=C1C(Cc2c(Cl)cc(C(F)(F)F)c(F)c2F)CCN1C1CCc2[nH]ncc2C1. The third kappa shape index (κ3) is 3.60. The average Bonchev–Trinajstić information content (AvgIpc) is 3.26. The number of aryl methyl sites for hydroxylation is 1. The molecule has 1 N–H and O–H groups in total. The molecule has 4 rings (SSSR count). The van der Waals surface area contributed by atoms with Crippen molar-refractivity contribution in [1.82, 2.24) is 15.1 Å². The number of likely N-dealkylation sites (tertiary alicyclic amines) is 1. The van der Waals surface area contributed by atoms with Gasteiger partial charge in [0.2, 0.25) is 5.91 Å². The van der Waals surface area contributed by atoms with Crippen LogP contribution in [-0.4, -0.2) is 33.6 Å². The molecule has 10 heteroatoms. The van der Waals surface area contributed by atoms with Crippen LogP contribution in [-0.2, 0) is 30.2 Å². The van der Waals surface area contributed by atoms with E-state index in [-0.39, 0.29) is 18.4 Å². The van der Waals surface area contributed by atoms with Gasteiger partial charge in [0.15, 0.2) is 11.6 Å². The molecule has 0 saturated carbocycles. The second-order valence-electron chi connectivity index (χ2n) is 7.50. The van der Waals surface area contributed by atoms with E-state index in [1.807, 2.05) is 0 Å². The third-order valence-corrected chi connectivity index (χ3v) is 6.13. The van der Waals surface area contributed by atoms with Gasteiger partial charge in [-0.25, -0.2) is 8.78 Å². The van der Waals surface area contributed by atoms with E-state index in [0.717, 1.165) is 24.1 Å². The number of hydrogen-bond donors (Lipinski definition) is 1. The summed E-state index contributed by atoms with van der Waals surface area (Å²) in [5.41, 5.74) is -0.0330. The van der Waals surface area contributed by atoms with Crippen molar-refractivity contribution in [3.05, 3.63) is 51.3 Å². The number of nitrogens with zero attached hydrogens (tertiary/aromatic N) is 2. The quantitative estimate of drug-likeness (QED) is 0.579. The van der Waals surface area contributed by atoms with E-state index in [0.29, 0.717) is 25.5 Å². The largest absolute Gasteiger partial charge is 0.419 e. The molecule has 0 bridgehead atoms. The Labute approximate surface area is 168 Å². The van der Waals surface area contributed by atoms with Gasteiger partial charge in [0, 0.05) is 34.8 Å². The number of halogens is 6. The lowest BCUT2D eigenvalue weighted by Crippen LogP contribution is -2.41. The van der Waals surface area contributed by atoms with Crippen LogP contribution in [0.15, 0.2) is 12.3 Å². The molecule has 0 spiro atoms. The van der Waals surface area contributed by atoms with Gasteiger partial charge in [0.05, 0.1) is 11.8 Å². The van der Waals surface area contributed by atoms with E-state index in [1.165, 1.54) is 0 Å². The molecular formula is C19H17ClF5N3O. The Morgan fingerprint density at radius 3 is 2.72 bits per heavy atom. The summed E-state index contributed by atoms with van der Waals surface area (Å²) in [6.07, 6.45) is -0.963. The maximum absolute atomic E-state index is 14.3. The molecule has 1 amide bonds. The highest BCUT2D eigenvalue weighted by atomic mass is 35.5. The minimum Gasteiger partial charge on any atom is -0.339 e. The van der Waals surface area contributed by atoms with E-state index in [9.17, 15) is 26.7 Å². The number of alkyl halides is 3. The second kappa shape index (κ2) is 7.27. The monoisotopic (exact) mass is 433 g/mol. The normalized spacial score (nSPS) is 22.3. The summed E-state index contributed by atoms with van der Waals surface area (Å²) in [5, 5.41) is 6.41. The van der Waals surface area contributed by atoms with Gasteiger partial charge in [0.1, 0.15) is 0 Å². The van der Waals surface area contributed by atoms with Crippen LogP contribution in [0.5, 0.6) is 0 Å². The number of carbonyl (C=O) groups excluding carboxylic acids is 1. The molecule has 156 valence electrons. The molecular weight excluding hydrogens is 417 g/mol. The van der Waals surface area contributed by atoms with Gasteiger partial charge in [-0.15, -0.1) is 0 Å². The summed E-state index contributed by atoms with van der Waals surface area (Å²) in [6.45, 7) is 0.462. The summed E-state index contributed by atoms with van der Waals surface area (Å²) in [7, 11) is 0. The molecule has 1 saturated heterocycles. The second-order valence-corrected chi connectivity index (χ2v) is 7.91. The Bertz CT molecular complexity index is 958. The molecule has 2 atom stereocenters. The predicted octanol–water partition coefficient (Wildman–Crippen LogP) is 4.31. The fourth-order valence-corrected chi connectivity index (χ4v) is 4.52. The van der Waals surface area contributed by atoms with Gasteiger partial charge in [-0.2, -0.15) is 18.3 Å². The van der Waals surface area contributed by atoms with Gasteiger partial charge in [0.25, 0.3) is 0 Å². The van der Waals surface area contributed by atoms with Crippen molar-refractivity contribution in [2.45, 2.75) is 44.3 Å². The van der Waals surface area contributed by atoms with Gasteiger partial charge in [-0.05, 0) is 43.7 Å². The number of aromatic nitrogens is 2. The van der Waals surface area contributed by atoms with Crippen LogP contribution < -0.4 is 0 Å². The van der Waals surface area contributed by atoms with Gasteiger partial charge < -0.3 is 4.90 Å². The molecule has 1 aromatic heterocycles. The van der Waals surface area contributed by atoms with Gasteiger partial charge in [-0.1, -0.05) is 11.6 Å². The number of aromatic amines is 1. The lowest BCUT2D eigenvalue weighted by molar-refractivity contribution is -0.140. The Morgan fingerprint density at radius 2 is 2.00 bits per heavy atom. The van der Waals surface area contributed by atoms with Crippen LogP contribution in [0.4, 0.5) is 22.0 Å². The summed E-state index contributed by atoms with van der Waals surface area (Å²) >= 11 is 5.83. The molecule has 4 nitrogen and oxygen atoms in total. The third-order valence-electron chi connectivity index (χ3n) is 5.79. The minimum absolute atomic E-state index is 0.0118. The first-order chi connectivity index (χ1) is 13.7. The van der Waals surface area contributed by atoms with E-state index >= 15 is 0 Å². The van der Waals surface area contributed by atoms with Crippen LogP contribution in [0.25, 0.3) is 0 Å². The molecule has 1 aliphatic carbocycles. The predicted molar refractivity (Wildman–Crippen MR) is 94.3 cm³/mol. The van der Waals surface area contributed by atoms with Crippen molar-refractivity contribution in [1.29, 1.82) is 0 Å². The molecule has 29 heavy (non-hydrogen) atoms. The van der Waals surface area contributed by atoms with Crippen molar-refractivity contribution in [2.24, 2.45) is 5.92 Å². The number of fused-ring (bicyclic) bond motifs is 1. The number of benzene rings is 1. The fraction of sp³-hybridized carbons (Fsp3) is 0.474. The van der Waals surface area contributed by atoms with E-state index in [1.54, 1.807) is 11.1 Å². The van der Waals surface area contributed by atoms with E-state index in [2.05, 4.69) is 10.2 Å². The number of rotatable bonds is 3. The molecule has 1 fully saturated rings. The summed E-state index contributed by atoms with van der Waals surface area (Å²) in [6, 6.07) is 0.371. The topological polar surface area (TPSA) is 49.0 Å². The first kappa shape index (κ1) is 20.1. The van der Waals surface area contributed by atoms with Crippen LogP contribution in [0, 0.1) is 17.6 Å². The van der Waals surface area contributed by atoms with Gasteiger partial charge >= 0.3 is 6.18 Å². The standard InChI is InChI=1S/C19H17ClF5N3O/c20-14-7-13(19(23,24)25)17(22)16(21)12(14)6-9-3-4-28(18(9)29)11-1-2-15-10(5-11)8-26-27-15/h7-9,11H,1-6H2,(H,26,27). The first-order valence-corrected chi connectivity index (χ1v) is 9.59. The van der Waals surface area contributed by atoms with Crippen LogP contribution >= 0.6 is 11.6 Å². The zero-order valence-electron chi connectivity index (χ0n) is 15.1. The van der Waals surface area contributed by atoms with Crippen molar-refractivity contribution < 1.29 is 26.7 Å². The summed E-state index contributed by atoms with van der Waals surface area (Å²) < 4.78 is 66.7. The Balaban J connectivity index is 1.51. The highest BCUT2D eigenvalue weighted by molar-refractivity contribution is 6.31. The molecule has 1 aliphatic heterocycles. The smallest absolute Gasteiger partial charge is 0.339 e. The Morgan fingerprint density at radius 1 is 1.24 bits per heavy atom. The number of hydrogen-bond acceptors (Lipinski definition) is 2. The molecule has 2 aromatic rings. The summed E-state index contributed by atoms with van der Waals surface area (Å²) in [5.74, 6) is -4.49. The molecule has 0 radical (unpaired) electrons. The lowest BCUT2D eigenvalue weighted by atomic mass is 9.92. The van der Waals surface area contributed by atoms with Crippen molar-refractivity contribution in [3.63, 3.8) is 0 Å². The Kier molecular flexibility index (Phi) is 5.04. The molecule has 2 aliphatic rings. The number of carbonyl (C=O) groups is 1. The van der Waals surface area contributed by atoms with E-state index < -0.39 is 39.9 Å². The maximum Gasteiger partial charge on any atom is 0.419 e. The van der Waals surface area contributed by atoms with Crippen molar-refractivity contribution in [2.75, 3.05) is 6.54 Å². The number of amides is 1. The Hall–Kier alpha value is -2.16. The van der Waals surface area contributed by atoms with E-state index in [4.69, 9.17) is 11.6 Å². The molecule has 2 unspecified atom stereocenters. The van der Waals surface area contributed by atoms with Gasteiger partial charge in [-0.3, -0.25) is 9.89 Å².